The number of hydrogen-bond donors (Lipinski definition) is 1. The van der Waals surface area contributed by atoms with E-state index < -0.39 is 0 Å². The zero-order chi connectivity index (χ0) is 13.8. The summed E-state index contributed by atoms with van der Waals surface area (Å²) in [5.41, 5.74) is 0. The van der Waals surface area contributed by atoms with E-state index in [2.05, 4.69) is 29.1 Å². The summed E-state index contributed by atoms with van der Waals surface area (Å²) < 4.78 is 0.238. The average molecular weight is 400 g/mol. The fourth-order valence-electron chi connectivity index (χ4n) is 1.84. The Bertz CT molecular complexity index is 334. The van der Waals surface area contributed by atoms with Gasteiger partial charge in [-0.2, -0.15) is 11.8 Å². The second-order valence-corrected chi connectivity index (χ2v) is 7.02. The number of rotatable bonds is 2. The molecular weight excluding hydrogens is 375 g/mol. The first kappa shape index (κ1) is 18.8. The number of carbonyl (C=O) groups is 1. The Balaban J connectivity index is 0.00000324. The second-order valence-electron chi connectivity index (χ2n) is 5.22. The van der Waals surface area contributed by atoms with Crippen LogP contribution in [-0.4, -0.2) is 72.9 Å². The van der Waals surface area contributed by atoms with Crippen LogP contribution in [-0.2, 0) is 4.79 Å². The minimum atomic E-state index is 0. The molecule has 112 valence electrons. The summed E-state index contributed by atoms with van der Waals surface area (Å²) >= 11 is 1.98. The van der Waals surface area contributed by atoms with Crippen molar-refractivity contribution in [3.05, 3.63) is 0 Å². The van der Waals surface area contributed by atoms with E-state index in [-0.39, 0.29) is 34.6 Å². The summed E-state index contributed by atoms with van der Waals surface area (Å²) in [6, 6.07) is 0. The van der Waals surface area contributed by atoms with E-state index in [0.717, 1.165) is 24.8 Å². The van der Waals surface area contributed by atoms with Gasteiger partial charge in [-0.05, 0) is 13.8 Å². The summed E-state index contributed by atoms with van der Waals surface area (Å²) in [7, 11) is 5.28. The summed E-state index contributed by atoms with van der Waals surface area (Å²) in [6.45, 7) is 6.70. The Morgan fingerprint density at radius 2 is 2.11 bits per heavy atom. The number of hydrogen-bond acceptors (Lipinski definition) is 3. The number of carbonyl (C=O) groups excluding carboxylic acids is 1. The minimum Gasteiger partial charge on any atom is -0.347 e. The predicted octanol–water partition coefficient (Wildman–Crippen LogP) is 1.10. The molecule has 1 aliphatic heterocycles. The van der Waals surface area contributed by atoms with Crippen LogP contribution in [0.25, 0.3) is 0 Å². The number of aliphatic imine (C=N–C) groups is 1. The van der Waals surface area contributed by atoms with Crippen LogP contribution in [0.3, 0.4) is 0 Å². The standard InChI is InChI=1S/C12H24N4OS.HI/c1-12(2)9-16(6-7-18-12)11(13-3)14-8-10(17)15(4)5;/h6-9H2,1-5H3,(H,13,14);1H. The lowest BCUT2D eigenvalue weighted by atomic mass is 10.2. The van der Waals surface area contributed by atoms with E-state index in [1.165, 1.54) is 0 Å². The third-order valence-electron chi connectivity index (χ3n) is 2.83. The van der Waals surface area contributed by atoms with Crippen molar-refractivity contribution >= 4 is 47.6 Å². The lowest BCUT2D eigenvalue weighted by Gasteiger charge is -2.39. The Morgan fingerprint density at radius 1 is 1.47 bits per heavy atom. The molecule has 0 spiro atoms. The fourth-order valence-corrected chi connectivity index (χ4v) is 2.95. The Morgan fingerprint density at radius 3 is 2.58 bits per heavy atom. The van der Waals surface area contributed by atoms with E-state index >= 15 is 0 Å². The van der Waals surface area contributed by atoms with Gasteiger partial charge in [0.05, 0.1) is 6.54 Å². The molecule has 1 saturated heterocycles. The summed E-state index contributed by atoms with van der Waals surface area (Å²) in [6.07, 6.45) is 0. The van der Waals surface area contributed by atoms with Crippen molar-refractivity contribution in [3.63, 3.8) is 0 Å². The van der Waals surface area contributed by atoms with Gasteiger partial charge < -0.3 is 15.1 Å². The highest BCUT2D eigenvalue weighted by Gasteiger charge is 2.28. The van der Waals surface area contributed by atoms with Crippen LogP contribution in [0, 0.1) is 0 Å². The van der Waals surface area contributed by atoms with Crippen LogP contribution >= 0.6 is 35.7 Å². The molecule has 1 aliphatic rings. The van der Waals surface area contributed by atoms with Gasteiger partial charge in [0.2, 0.25) is 5.91 Å². The lowest BCUT2D eigenvalue weighted by Crippen LogP contribution is -2.52. The van der Waals surface area contributed by atoms with Gasteiger partial charge in [-0.3, -0.25) is 9.79 Å². The van der Waals surface area contributed by atoms with Crippen molar-refractivity contribution in [1.82, 2.24) is 15.1 Å². The molecule has 1 fully saturated rings. The number of likely N-dealkylation sites (N-methyl/N-ethyl adjacent to an activating group) is 1. The van der Waals surface area contributed by atoms with E-state index in [4.69, 9.17) is 0 Å². The third-order valence-corrected chi connectivity index (χ3v) is 4.13. The molecule has 1 rings (SSSR count). The third kappa shape index (κ3) is 6.20. The first-order valence-corrected chi connectivity index (χ1v) is 7.14. The molecule has 1 N–H and O–H groups in total. The first-order valence-electron chi connectivity index (χ1n) is 6.15. The zero-order valence-electron chi connectivity index (χ0n) is 12.4. The summed E-state index contributed by atoms with van der Waals surface area (Å²) in [5.74, 6) is 1.97. The number of halogens is 1. The number of thioether (sulfide) groups is 1. The molecule has 1 amide bonds. The summed E-state index contributed by atoms with van der Waals surface area (Å²) in [4.78, 5) is 19.6. The molecule has 0 aromatic rings. The number of amides is 1. The molecule has 0 saturated carbocycles. The lowest BCUT2D eigenvalue weighted by molar-refractivity contribution is -0.127. The van der Waals surface area contributed by atoms with Crippen LogP contribution in [0.2, 0.25) is 0 Å². The highest BCUT2D eigenvalue weighted by molar-refractivity contribution is 14.0. The Labute approximate surface area is 137 Å². The van der Waals surface area contributed by atoms with Crippen LogP contribution < -0.4 is 5.32 Å². The average Bonchev–Trinajstić information content (AvgIpc) is 2.28. The molecule has 19 heavy (non-hydrogen) atoms. The normalized spacial score (nSPS) is 18.6. The van der Waals surface area contributed by atoms with E-state index in [1.54, 1.807) is 26.0 Å². The molecule has 0 radical (unpaired) electrons. The van der Waals surface area contributed by atoms with Crippen molar-refractivity contribution in [3.8, 4) is 0 Å². The molecule has 0 atom stereocenters. The Kier molecular flexibility index (Phi) is 8.11. The minimum absolute atomic E-state index is 0. The van der Waals surface area contributed by atoms with Gasteiger partial charge in [-0.1, -0.05) is 0 Å². The van der Waals surface area contributed by atoms with Crippen LogP contribution in [0.15, 0.2) is 4.99 Å². The first-order chi connectivity index (χ1) is 8.35. The summed E-state index contributed by atoms with van der Waals surface area (Å²) in [5, 5.41) is 3.13. The van der Waals surface area contributed by atoms with Gasteiger partial charge in [0.15, 0.2) is 5.96 Å². The number of nitrogens with zero attached hydrogens (tertiary/aromatic N) is 3. The largest absolute Gasteiger partial charge is 0.347 e. The SMILES string of the molecule is CN=C(NCC(=O)N(C)C)N1CCSC(C)(C)C1.I. The molecule has 0 bridgehead atoms. The fraction of sp³-hybridized carbons (Fsp3) is 0.833. The van der Waals surface area contributed by atoms with E-state index in [1.807, 2.05) is 11.8 Å². The number of guanidine groups is 1. The molecule has 5 nitrogen and oxygen atoms in total. The molecule has 1 heterocycles. The van der Waals surface area contributed by atoms with Crippen LogP contribution in [0.1, 0.15) is 13.8 Å². The molecule has 0 unspecified atom stereocenters. The predicted molar refractivity (Wildman–Crippen MR) is 93.6 cm³/mol. The highest BCUT2D eigenvalue weighted by Crippen LogP contribution is 2.29. The van der Waals surface area contributed by atoms with E-state index in [9.17, 15) is 4.79 Å². The van der Waals surface area contributed by atoms with Crippen molar-refractivity contribution < 1.29 is 4.79 Å². The molecule has 0 aromatic carbocycles. The molecular formula is C12H25IN4OS. The topological polar surface area (TPSA) is 47.9 Å². The maximum atomic E-state index is 11.6. The van der Waals surface area contributed by atoms with Gasteiger partial charge in [-0.25, -0.2) is 0 Å². The molecule has 0 aromatic heterocycles. The molecule has 0 aliphatic carbocycles. The van der Waals surface area contributed by atoms with Crippen molar-refractivity contribution in [2.45, 2.75) is 18.6 Å². The van der Waals surface area contributed by atoms with Gasteiger partial charge >= 0.3 is 0 Å². The van der Waals surface area contributed by atoms with Gasteiger partial charge in [0.1, 0.15) is 0 Å². The highest BCUT2D eigenvalue weighted by atomic mass is 127. The van der Waals surface area contributed by atoms with Crippen molar-refractivity contribution in [2.24, 2.45) is 4.99 Å². The second kappa shape index (κ2) is 8.18. The van der Waals surface area contributed by atoms with E-state index in [0.29, 0.717) is 6.54 Å². The van der Waals surface area contributed by atoms with Gasteiger partial charge in [0.25, 0.3) is 0 Å². The van der Waals surface area contributed by atoms with Crippen molar-refractivity contribution in [1.29, 1.82) is 0 Å². The zero-order valence-corrected chi connectivity index (χ0v) is 15.5. The van der Waals surface area contributed by atoms with Crippen molar-refractivity contribution in [2.75, 3.05) is 46.5 Å². The van der Waals surface area contributed by atoms with Crippen LogP contribution in [0.5, 0.6) is 0 Å². The van der Waals surface area contributed by atoms with Crippen LogP contribution in [0.4, 0.5) is 0 Å². The molecule has 7 heteroatoms. The maximum absolute atomic E-state index is 11.6. The van der Waals surface area contributed by atoms with Gasteiger partial charge in [0, 0.05) is 44.7 Å². The Hall–Kier alpha value is -0.180. The monoisotopic (exact) mass is 400 g/mol. The smallest absolute Gasteiger partial charge is 0.241 e. The quantitative estimate of drug-likeness (QED) is 0.429. The maximum Gasteiger partial charge on any atom is 0.241 e. The number of nitrogens with one attached hydrogen (secondary N) is 1. The van der Waals surface area contributed by atoms with Gasteiger partial charge in [-0.15, -0.1) is 24.0 Å².